The standard InChI is InChI=1S/C35H49FN6O4/c1-4-32(44)38-29(34(46)41-22-35(23-41)14-17-40(3)18-15-35)20-24-11-12-28(27(36)19-24)39-33(45)26(25-9-7-6-8-10-25)21-31(43)30-13-16-37-42(30)5-2/h11-13,16,19,25-26,29H,4-10,14-15,17-18,20-23H2,1-3H3,(H,38,44)(H,39,45)/t26-,29+/m0/s1. The van der Waals surface area contributed by atoms with Crippen molar-refractivity contribution in [3.8, 4) is 0 Å². The van der Waals surface area contributed by atoms with Crippen molar-refractivity contribution in [3.63, 3.8) is 0 Å². The summed E-state index contributed by atoms with van der Waals surface area (Å²) < 4.78 is 17.1. The van der Waals surface area contributed by atoms with Crippen LogP contribution in [-0.2, 0) is 27.3 Å². The van der Waals surface area contributed by atoms with E-state index in [9.17, 15) is 19.2 Å². The van der Waals surface area contributed by atoms with Gasteiger partial charge in [-0.25, -0.2) is 4.39 Å². The molecule has 10 nitrogen and oxygen atoms in total. The molecule has 2 atom stereocenters. The van der Waals surface area contributed by atoms with Crippen LogP contribution in [0.15, 0.2) is 30.5 Å². The predicted molar refractivity (Wildman–Crippen MR) is 174 cm³/mol. The van der Waals surface area contributed by atoms with Crippen molar-refractivity contribution in [2.24, 2.45) is 17.3 Å². The Morgan fingerprint density at radius 3 is 2.41 bits per heavy atom. The summed E-state index contributed by atoms with van der Waals surface area (Å²) >= 11 is 0. The molecule has 0 radical (unpaired) electrons. The number of carbonyl (C=O) groups excluding carboxylic acids is 4. The molecule has 1 aromatic carbocycles. The van der Waals surface area contributed by atoms with E-state index in [1.807, 2.05) is 11.8 Å². The number of aryl methyl sites for hydroxylation is 1. The molecule has 5 rings (SSSR count). The molecule has 2 N–H and O–H groups in total. The fourth-order valence-electron chi connectivity index (χ4n) is 7.43. The van der Waals surface area contributed by atoms with Gasteiger partial charge in [-0.1, -0.05) is 32.3 Å². The van der Waals surface area contributed by atoms with Crippen LogP contribution in [0.4, 0.5) is 10.1 Å². The molecule has 3 heterocycles. The second-order valence-corrected chi connectivity index (χ2v) is 13.6. The zero-order valence-electron chi connectivity index (χ0n) is 27.5. The van der Waals surface area contributed by atoms with Gasteiger partial charge in [0.05, 0.1) is 5.69 Å². The number of ketones is 1. The molecular weight excluding hydrogens is 587 g/mol. The average molecular weight is 637 g/mol. The van der Waals surface area contributed by atoms with Crippen molar-refractivity contribution < 1.29 is 23.6 Å². The number of nitrogens with one attached hydrogen (secondary N) is 2. The summed E-state index contributed by atoms with van der Waals surface area (Å²) in [5.74, 6) is -2.04. The third-order valence-corrected chi connectivity index (χ3v) is 10.4. The number of amides is 3. The number of piperidine rings is 1. The number of carbonyl (C=O) groups is 4. The van der Waals surface area contributed by atoms with Crippen LogP contribution in [0.25, 0.3) is 0 Å². The van der Waals surface area contributed by atoms with Gasteiger partial charge in [0.2, 0.25) is 17.7 Å². The molecule has 2 aromatic rings. The Morgan fingerprint density at radius 2 is 1.76 bits per heavy atom. The number of likely N-dealkylation sites (tertiary alicyclic amines) is 2. The van der Waals surface area contributed by atoms with Gasteiger partial charge in [0, 0.05) is 56.4 Å². The number of Topliss-reactive ketones (excluding diaryl/α,β-unsaturated/α-hetero) is 1. The van der Waals surface area contributed by atoms with Crippen LogP contribution < -0.4 is 10.6 Å². The highest BCUT2D eigenvalue weighted by Gasteiger charge is 2.47. The maximum Gasteiger partial charge on any atom is 0.245 e. The Hall–Kier alpha value is -3.60. The number of nitrogens with zero attached hydrogens (tertiary/aromatic N) is 4. The van der Waals surface area contributed by atoms with Crippen LogP contribution >= 0.6 is 0 Å². The van der Waals surface area contributed by atoms with E-state index in [0.717, 1.165) is 58.0 Å². The topological polar surface area (TPSA) is 117 Å². The van der Waals surface area contributed by atoms with E-state index >= 15 is 4.39 Å². The Balaban J connectivity index is 1.25. The van der Waals surface area contributed by atoms with Gasteiger partial charge in [0.15, 0.2) is 5.78 Å². The molecule has 2 saturated heterocycles. The fraction of sp³-hybridized carbons (Fsp3) is 0.629. The second-order valence-electron chi connectivity index (χ2n) is 13.6. The lowest BCUT2D eigenvalue weighted by Gasteiger charge is -2.54. The van der Waals surface area contributed by atoms with Crippen LogP contribution in [0.5, 0.6) is 0 Å². The molecule has 3 aliphatic rings. The van der Waals surface area contributed by atoms with Gasteiger partial charge in [-0.05, 0) is 82.4 Å². The van der Waals surface area contributed by atoms with Gasteiger partial charge in [0.1, 0.15) is 17.6 Å². The van der Waals surface area contributed by atoms with Crippen LogP contribution in [0.3, 0.4) is 0 Å². The average Bonchev–Trinajstić information content (AvgIpc) is 3.53. The summed E-state index contributed by atoms with van der Waals surface area (Å²) in [7, 11) is 2.11. The summed E-state index contributed by atoms with van der Waals surface area (Å²) in [6, 6.07) is 5.40. The van der Waals surface area contributed by atoms with Gasteiger partial charge in [-0.3, -0.25) is 23.9 Å². The molecule has 3 amide bonds. The zero-order chi connectivity index (χ0) is 32.8. The van der Waals surface area contributed by atoms with Crippen LogP contribution in [0.2, 0.25) is 0 Å². The molecule has 3 fully saturated rings. The van der Waals surface area contributed by atoms with Crippen LogP contribution in [0, 0.1) is 23.1 Å². The minimum absolute atomic E-state index is 0.0352. The van der Waals surface area contributed by atoms with E-state index in [4.69, 9.17) is 0 Å². The molecule has 250 valence electrons. The molecule has 11 heteroatoms. The number of halogens is 1. The van der Waals surface area contributed by atoms with Crippen molar-refractivity contribution >= 4 is 29.2 Å². The van der Waals surface area contributed by atoms with E-state index < -0.39 is 17.8 Å². The molecule has 1 spiro atoms. The first kappa shape index (κ1) is 33.8. The third-order valence-electron chi connectivity index (χ3n) is 10.4. The predicted octanol–water partition coefficient (Wildman–Crippen LogP) is 4.44. The Labute approximate surface area is 271 Å². The van der Waals surface area contributed by atoms with Crippen molar-refractivity contribution in [2.45, 2.75) is 90.6 Å². The first-order chi connectivity index (χ1) is 22.1. The summed E-state index contributed by atoms with van der Waals surface area (Å²) in [6.45, 7) is 7.60. The van der Waals surface area contributed by atoms with Crippen molar-refractivity contribution in [2.75, 3.05) is 38.5 Å². The van der Waals surface area contributed by atoms with Gasteiger partial charge in [0.25, 0.3) is 0 Å². The van der Waals surface area contributed by atoms with E-state index in [1.54, 1.807) is 29.9 Å². The van der Waals surface area contributed by atoms with E-state index in [1.165, 1.54) is 12.1 Å². The third kappa shape index (κ3) is 7.85. The lowest BCUT2D eigenvalue weighted by Crippen LogP contribution is -2.64. The summed E-state index contributed by atoms with van der Waals surface area (Å²) in [5.41, 5.74) is 1.22. The molecule has 1 aliphatic carbocycles. The van der Waals surface area contributed by atoms with Crippen molar-refractivity contribution in [1.29, 1.82) is 0 Å². The number of anilines is 1. The molecule has 0 bridgehead atoms. The largest absolute Gasteiger partial charge is 0.344 e. The monoisotopic (exact) mass is 636 g/mol. The van der Waals surface area contributed by atoms with Gasteiger partial charge in [-0.2, -0.15) is 5.10 Å². The minimum atomic E-state index is -0.797. The smallest absolute Gasteiger partial charge is 0.245 e. The minimum Gasteiger partial charge on any atom is -0.344 e. The molecule has 2 aliphatic heterocycles. The zero-order valence-corrected chi connectivity index (χ0v) is 27.5. The second kappa shape index (κ2) is 14.9. The van der Waals surface area contributed by atoms with Crippen LogP contribution in [-0.4, -0.2) is 82.4 Å². The lowest BCUT2D eigenvalue weighted by atomic mass is 9.72. The first-order valence-corrected chi connectivity index (χ1v) is 17.0. The molecule has 46 heavy (non-hydrogen) atoms. The van der Waals surface area contributed by atoms with Crippen molar-refractivity contribution in [1.82, 2.24) is 24.9 Å². The SMILES string of the molecule is CCC(=O)N[C@H](Cc1ccc(NC(=O)[C@@H](CC(=O)c2ccnn2CC)C2CCCCC2)c(F)c1)C(=O)N1CC2(CCN(C)CC2)C1. The number of benzene rings is 1. The summed E-state index contributed by atoms with van der Waals surface area (Å²) in [4.78, 5) is 56.9. The highest BCUT2D eigenvalue weighted by Crippen LogP contribution is 2.40. The number of hydrogen-bond acceptors (Lipinski definition) is 6. The summed E-state index contributed by atoms with van der Waals surface area (Å²) in [5, 5.41) is 9.81. The molecule has 1 saturated carbocycles. The molecular formula is C35H49FN6O4. The van der Waals surface area contributed by atoms with Crippen molar-refractivity contribution in [3.05, 3.63) is 47.5 Å². The maximum atomic E-state index is 15.5. The Kier molecular flexibility index (Phi) is 10.9. The van der Waals surface area contributed by atoms with E-state index in [-0.39, 0.29) is 59.8 Å². The molecule has 0 unspecified atom stereocenters. The maximum absolute atomic E-state index is 15.5. The number of aromatic nitrogens is 2. The normalized spacial score (nSPS) is 19.7. The van der Waals surface area contributed by atoms with Gasteiger partial charge in [-0.15, -0.1) is 0 Å². The summed E-state index contributed by atoms with van der Waals surface area (Å²) in [6.07, 6.45) is 8.94. The first-order valence-electron chi connectivity index (χ1n) is 17.0. The fourth-order valence-corrected chi connectivity index (χ4v) is 7.43. The Morgan fingerprint density at radius 1 is 1.04 bits per heavy atom. The van der Waals surface area contributed by atoms with Crippen LogP contribution in [0.1, 0.15) is 87.7 Å². The van der Waals surface area contributed by atoms with Gasteiger partial charge < -0.3 is 20.4 Å². The van der Waals surface area contributed by atoms with E-state index in [0.29, 0.717) is 30.9 Å². The lowest BCUT2D eigenvalue weighted by molar-refractivity contribution is -0.150. The highest BCUT2D eigenvalue weighted by atomic mass is 19.1. The number of rotatable bonds is 12. The Bertz CT molecular complexity index is 1400. The quantitative estimate of drug-likeness (QED) is 0.333. The highest BCUT2D eigenvalue weighted by molar-refractivity contribution is 6.00. The number of hydrogen-bond donors (Lipinski definition) is 2. The van der Waals surface area contributed by atoms with Gasteiger partial charge >= 0.3 is 0 Å². The molecule has 1 aromatic heterocycles. The van der Waals surface area contributed by atoms with E-state index in [2.05, 4.69) is 27.7 Å².